The molecule has 0 bridgehead atoms. The summed E-state index contributed by atoms with van der Waals surface area (Å²) in [6, 6.07) is 17.0. The standard InChI is InChI=1S/C28H27N3O5/c1-33-17-9-11-22(34-2)20(13-17)18-6-5-7-19-26(29)25-21(30-27(18)19)15-31(28(25)32)14-16-8-10-23(35-3)24(12-16)36-4/h5-13H,14-15H2,1-4H3,(H2,29,30). The number of benzene rings is 3. The Morgan fingerprint density at radius 3 is 2.33 bits per heavy atom. The summed E-state index contributed by atoms with van der Waals surface area (Å²) in [5.74, 6) is 2.49. The lowest BCUT2D eigenvalue weighted by molar-refractivity contribution is 0.0767. The van der Waals surface area contributed by atoms with E-state index in [9.17, 15) is 4.79 Å². The Labute approximate surface area is 209 Å². The lowest BCUT2D eigenvalue weighted by Crippen LogP contribution is -2.23. The third kappa shape index (κ3) is 3.80. The van der Waals surface area contributed by atoms with Crippen molar-refractivity contribution in [3.8, 4) is 34.1 Å². The minimum Gasteiger partial charge on any atom is -0.497 e. The summed E-state index contributed by atoms with van der Waals surface area (Å²) < 4.78 is 21.8. The van der Waals surface area contributed by atoms with Gasteiger partial charge in [0.05, 0.1) is 57.4 Å². The maximum atomic E-state index is 13.4. The Bertz CT molecular complexity index is 1480. The van der Waals surface area contributed by atoms with Gasteiger partial charge in [0.15, 0.2) is 11.5 Å². The van der Waals surface area contributed by atoms with Crippen LogP contribution < -0.4 is 24.7 Å². The molecule has 0 atom stereocenters. The van der Waals surface area contributed by atoms with Crippen LogP contribution in [-0.4, -0.2) is 44.2 Å². The van der Waals surface area contributed by atoms with Crippen LogP contribution in [0.4, 0.5) is 5.69 Å². The molecule has 8 heteroatoms. The van der Waals surface area contributed by atoms with E-state index in [0.717, 1.165) is 22.1 Å². The van der Waals surface area contributed by atoms with E-state index in [2.05, 4.69) is 0 Å². The van der Waals surface area contributed by atoms with Gasteiger partial charge in [-0.3, -0.25) is 4.79 Å². The summed E-state index contributed by atoms with van der Waals surface area (Å²) >= 11 is 0. The summed E-state index contributed by atoms with van der Waals surface area (Å²) in [6.45, 7) is 0.744. The number of nitrogens with two attached hydrogens (primary N) is 1. The molecule has 5 rings (SSSR count). The fourth-order valence-electron chi connectivity index (χ4n) is 4.70. The van der Waals surface area contributed by atoms with Crippen LogP contribution in [0.1, 0.15) is 21.6 Å². The number of anilines is 1. The van der Waals surface area contributed by atoms with Gasteiger partial charge in [-0.15, -0.1) is 0 Å². The number of ether oxygens (including phenoxy) is 4. The minimum absolute atomic E-state index is 0.143. The molecule has 1 aliphatic rings. The number of hydrogen-bond donors (Lipinski definition) is 1. The third-order valence-corrected chi connectivity index (χ3v) is 6.49. The molecule has 3 aromatic carbocycles. The number of aromatic nitrogens is 1. The molecule has 184 valence electrons. The molecular formula is C28H27N3O5. The second-order valence-electron chi connectivity index (χ2n) is 8.47. The van der Waals surface area contributed by atoms with Crippen LogP contribution in [0.2, 0.25) is 0 Å². The smallest absolute Gasteiger partial charge is 0.258 e. The normalized spacial score (nSPS) is 12.6. The molecule has 0 aliphatic carbocycles. The maximum absolute atomic E-state index is 13.4. The van der Waals surface area contributed by atoms with Crippen LogP contribution in [0.25, 0.3) is 22.0 Å². The summed E-state index contributed by atoms with van der Waals surface area (Å²) in [5.41, 5.74) is 11.4. The van der Waals surface area contributed by atoms with Crippen molar-refractivity contribution in [2.45, 2.75) is 13.1 Å². The van der Waals surface area contributed by atoms with Crippen LogP contribution >= 0.6 is 0 Å². The highest BCUT2D eigenvalue weighted by Gasteiger charge is 2.32. The van der Waals surface area contributed by atoms with E-state index >= 15 is 0 Å². The quantitative estimate of drug-likeness (QED) is 0.406. The molecule has 1 amide bonds. The molecule has 0 unspecified atom stereocenters. The van der Waals surface area contributed by atoms with E-state index < -0.39 is 0 Å². The van der Waals surface area contributed by atoms with Crippen molar-refractivity contribution in [3.63, 3.8) is 0 Å². The number of carbonyl (C=O) groups excluding carboxylic acids is 1. The number of fused-ring (bicyclic) bond motifs is 2. The van der Waals surface area contributed by atoms with Crippen molar-refractivity contribution >= 4 is 22.5 Å². The number of nitrogens with zero attached hydrogens (tertiary/aromatic N) is 2. The Balaban J connectivity index is 1.57. The van der Waals surface area contributed by atoms with Gasteiger partial charge in [-0.1, -0.05) is 24.3 Å². The highest BCUT2D eigenvalue weighted by atomic mass is 16.5. The molecule has 4 aromatic rings. The number of hydrogen-bond acceptors (Lipinski definition) is 7. The summed E-state index contributed by atoms with van der Waals surface area (Å²) in [7, 11) is 6.42. The van der Waals surface area contributed by atoms with Crippen LogP contribution in [0, 0.1) is 0 Å². The Kier molecular flexibility index (Phi) is 6.01. The second kappa shape index (κ2) is 9.30. The second-order valence-corrected chi connectivity index (χ2v) is 8.47. The fraction of sp³-hybridized carbons (Fsp3) is 0.214. The van der Waals surface area contributed by atoms with Crippen molar-refractivity contribution in [2.75, 3.05) is 34.2 Å². The lowest BCUT2D eigenvalue weighted by Gasteiger charge is -2.17. The van der Waals surface area contributed by atoms with Crippen LogP contribution in [-0.2, 0) is 13.1 Å². The van der Waals surface area contributed by atoms with Crippen molar-refractivity contribution in [1.82, 2.24) is 9.88 Å². The number of rotatable bonds is 7. The molecule has 36 heavy (non-hydrogen) atoms. The number of para-hydroxylation sites is 1. The van der Waals surface area contributed by atoms with Gasteiger partial charge in [0.25, 0.3) is 5.91 Å². The lowest BCUT2D eigenvalue weighted by atomic mass is 9.98. The van der Waals surface area contributed by atoms with E-state index in [1.807, 2.05) is 54.6 Å². The Morgan fingerprint density at radius 2 is 1.61 bits per heavy atom. The number of methoxy groups -OCH3 is 4. The van der Waals surface area contributed by atoms with Gasteiger partial charge in [-0.05, 0) is 35.9 Å². The van der Waals surface area contributed by atoms with Gasteiger partial charge in [0, 0.05) is 23.1 Å². The van der Waals surface area contributed by atoms with E-state index in [-0.39, 0.29) is 5.91 Å². The van der Waals surface area contributed by atoms with E-state index in [1.54, 1.807) is 33.3 Å². The number of pyridine rings is 1. The molecule has 0 radical (unpaired) electrons. The molecule has 0 saturated carbocycles. The first-order valence-corrected chi connectivity index (χ1v) is 11.4. The molecule has 8 nitrogen and oxygen atoms in total. The molecule has 1 aromatic heterocycles. The van der Waals surface area contributed by atoms with Crippen LogP contribution in [0.3, 0.4) is 0 Å². The van der Waals surface area contributed by atoms with Crippen molar-refractivity contribution in [3.05, 3.63) is 71.4 Å². The Hall–Kier alpha value is -4.46. The first-order chi connectivity index (χ1) is 17.5. The van der Waals surface area contributed by atoms with Gasteiger partial charge < -0.3 is 29.6 Å². The molecule has 1 aliphatic heterocycles. The molecule has 0 spiro atoms. The van der Waals surface area contributed by atoms with Gasteiger partial charge in [0.2, 0.25) is 0 Å². The number of carbonyl (C=O) groups is 1. The first kappa shape index (κ1) is 23.3. The largest absolute Gasteiger partial charge is 0.497 e. The van der Waals surface area contributed by atoms with Crippen molar-refractivity contribution in [2.24, 2.45) is 0 Å². The maximum Gasteiger partial charge on any atom is 0.258 e. The van der Waals surface area contributed by atoms with Gasteiger partial charge in [0.1, 0.15) is 11.5 Å². The summed E-state index contributed by atoms with van der Waals surface area (Å²) in [6.07, 6.45) is 0. The molecule has 2 heterocycles. The predicted octanol–water partition coefficient (Wildman–Crippen LogP) is 4.67. The van der Waals surface area contributed by atoms with E-state index in [1.165, 1.54) is 0 Å². The highest BCUT2D eigenvalue weighted by Crippen LogP contribution is 2.41. The number of nitrogen functional groups attached to an aromatic ring is 1. The molecular weight excluding hydrogens is 458 g/mol. The third-order valence-electron chi connectivity index (χ3n) is 6.49. The van der Waals surface area contributed by atoms with Gasteiger partial charge >= 0.3 is 0 Å². The van der Waals surface area contributed by atoms with E-state index in [0.29, 0.717) is 58.5 Å². The zero-order valence-electron chi connectivity index (χ0n) is 20.6. The molecule has 0 fully saturated rings. The summed E-state index contributed by atoms with van der Waals surface area (Å²) in [4.78, 5) is 20.1. The van der Waals surface area contributed by atoms with Gasteiger partial charge in [-0.2, -0.15) is 0 Å². The highest BCUT2D eigenvalue weighted by molar-refractivity contribution is 6.11. The van der Waals surface area contributed by atoms with Crippen LogP contribution in [0.15, 0.2) is 54.6 Å². The first-order valence-electron chi connectivity index (χ1n) is 11.4. The predicted molar refractivity (Wildman–Crippen MR) is 138 cm³/mol. The molecule has 0 saturated heterocycles. The van der Waals surface area contributed by atoms with Crippen molar-refractivity contribution in [1.29, 1.82) is 0 Å². The average Bonchev–Trinajstić information content (AvgIpc) is 3.22. The molecule has 2 N–H and O–H groups in total. The minimum atomic E-state index is -0.143. The topological polar surface area (TPSA) is 96.1 Å². The number of amides is 1. The van der Waals surface area contributed by atoms with Crippen LogP contribution in [0.5, 0.6) is 23.0 Å². The van der Waals surface area contributed by atoms with E-state index in [4.69, 9.17) is 29.7 Å². The zero-order valence-corrected chi connectivity index (χ0v) is 20.6. The van der Waals surface area contributed by atoms with Gasteiger partial charge in [-0.25, -0.2) is 4.98 Å². The fourth-order valence-corrected chi connectivity index (χ4v) is 4.70. The summed E-state index contributed by atoms with van der Waals surface area (Å²) in [5, 5.41) is 0.720. The zero-order chi connectivity index (χ0) is 25.4. The Morgan fingerprint density at radius 1 is 0.861 bits per heavy atom. The average molecular weight is 486 g/mol. The van der Waals surface area contributed by atoms with Crippen molar-refractivity contribution < 1.29 is 23.7 Å². The SMILES string of the molecule is COc1ccc(OC)c(-c2cccc3c(N)c4c(nc23)CN(Cc2ccc(OC)c(OC)c2)C4=O)c1. The monoisotopic (exact) mass is 485 g/mol.